The zero-order chi connectivity index (χ0) is 73.4. The molecule has 0 aliphatic heterocycles. The van der Waals surface area contributed by atoms with Crippen LogP contribution in [0.4, 0.5) is 0 Å². The van der Waals surface area contributed by atoms with Gasteiger partial charge in [0.15, 0.2) is 13.3 Å². The summed E-state index contributed by atoms with van der Waals surface area (Å²) in [7, 11) is 0. The number of hydrogen-bond acceptors (Lipinski definition) is 2. The predicted molar refractivity (Wildman–Crippen MR) is 447 cm³/mol. The van der Waals surface area contributed by atoms with Crippen molar-refractivity contribution in [1.82, 2.24) is 28.7 Å². The molecule has 0 unspecified atom stereocenters. The van der Waals surface area contributed by atoms with Gasteiger partial charge in [0.25, 0.3) is 0 Å². The van der Waals surface area contributed by atoms with E-state index in [1.54, 1.807) is 12.4 Å². The van der Waals surface area contributed by atoms with Crippen LogP contribution in [0.25, 0.3) is 11.4 Å². The van der Waals surface area contributed by atoms with Gasteiger partial charge in [0, 0.05) is 88.5 Å². The molecule has 12 heteroatoms. The Balaban J connectivity index is 0.000000155. The maximum atomic E-state index is 4.21. The van der Waals surface area contributed by atoms with Gasteiger partial charge in [0.05, 0.1) is 11.4 Å². The van der Waals surface area contributed by atoms with Crippen LogP contribution in [0.1, 0.15) is 84.7 Å². The number of allylic oxidation sites excluding steroid dienone is 8. The van der Waals surface area contributed by atoms with Crippen molar-refractivity contribution in [2.24, 2.45) is 0 Å². The fraction of sp³-hybridized carbons (Fsp3) is 0.167. The Hall–Kier alpha value is -10.6. The van der Waals surface area contributed by atoms with Gasteiger partial charge in [-0.15, -0.1) is 0 Å². The monoisotopic (exact) mass is 1590 g/mol. The van der Waals surface area contributed by atoms with Gasteiger partial charge >= 0.3 is 0 Å². The van der Waals surface area contributed by atoms with E-state index in [9.17, 15) is 0 Å². The van der Waals surface area contributed by atoms with E-state index in [1.165, 1.54) is 140 Å². The summed E-state index contributed by atoms with van der Waals surface area (Å²) in [6.45, 7) is 14.2. The largest absolute Gasteiger partial charge is 0.326 e. The number of imidazole rings is 2. The maximum Gasteiger partial charge on any atom is 0.244 e. The van der Waals surface area contributed by atoms with Crippen LogP contribution in [0, 0.1) is 54.2 Å². The van der Waals surface area contributed by atoms with Crippen LogP contribution in [0.15, 0.2) is 377 Å². The Kier molecular flexibility index (Phi) is 32.2. The molecule has 0 spiro atoms. The first-order chi connectivity index (χ1) is 52.1. The first-order valence-electron chi connectivity index (χ1n) is 37.6. The van der Waals surface area contributed by atoms with E-state index in [0.29, 0.717) is 13.3 Å². The van der Waals surface area contributed by atoms with Gasteiger partial charge in [-0.2, -0.15) is 53.9 Å². The van der Waals surface area contributed by atoms with E-state index in [0.717, 1.165) is 0 Å². The molecule has 10 aromatic carbocycles. The van der Waals surface area contributed by atoms with Gasteiger partial charge < -0.3 is 18.3 Å². The topological polar surface area (TPSA) is 53.3 Å². The molecule has 0 fully saturated rings. The minimum absolute atomic E-state index is 0. The molecule has 4 aromatic heterocycles. The number of aryl methyl sites for hydroxylation is 6. The molecule has 0 saturated heterocycles. The molecular weight excluding hydrogens is 1490 g/mol. The summed E-state index contributed by atoms with van der Waals surface area (Å²) in [4.78, 5) is 0. The van der Waals surface area contributed by atoms with E-state index >= 15 is 0 Å². The maximum absolute atomic E-state index is 4.21. The summed E-state index contributed by atoms with van der Waals surface area (Å²) in [5.74, 6) is 0. The third-order valence-electron chi connectivity index (χ3n) is 19.8. The quantitative estimate of drug-likeness (QED) is 0.0471. The van der Waals surface area contributed by atoms with Crippen LogP contribution in [0.3, 0.4) is 0 Å². The average Bonchev–Trinajstić information content (AvgIpc) is 0.996. The first kappa shape index (κ1) is 81.5. The molecule has 108 heavy (non-hydrogen) atoms. The molecular formula is C96H100B2N8Rh2-2. The molecule has 0 N–H and O–H groups in total. The Morgan fingerprint density at radius 3 is 0.676 bits per heavy atom. The van der Waals surface area contributed by atoms with Gasteiger partial charge in [-0.1, -0.05) is 327 Å². The summed E-state index contributed by atoms with van der Waals surface area (Å²) >= 11 is 0. The molecule has 0 amide bonds. The van der Waals surface area contributed by atoms with Gasteiger partial charge in [-0.3, -0.25) is 0 Å². The number of nitrogens with zero attached hydrogens (tertiary/aromatic N) is 8. The molecule has 16 rings (SSSR count). The third kappa shape index (κ3) is 21.8. The summed E-state index contributed by atoms with van der Waals surface area (Å²) < 4.78 is 11.8. The Morgan fingerprint density at radius 2 is 0.491 bits per heavy atom. The van der Waals surface area contributed by atoms with Crippen LogP contribution >= 0.6 is 0 Å². The second-order valence-corrected chi connectivity index (χ2v) is 27.6. The van der Waals surface area contributed by atoms with Gasteiger partial charge in [0.1, 0.15) is 12.3 Å². The summed E-state index contributed by atoms with van der Waals surface area (Å²) in [6, 6.07) is 99.7. The standard InChI is InChI=1S/2C24H20B.2C16H18N4.2C8H12.2Rh/c2*1-5-13-21(14-6-1)25(22-15-7-2-8-16-22,23-17-9-3-10-18-23)24-19-11-4-12-20-24;2*1-13-9-14(2)16(15(3)10-13)19-8-7-18(11-19)12-20-6-4-5-17-20;2*1-2-4-6-8-7-5-3-1;;/h2*1-20H;2*4-10H,12H2,1-3H3;2*1-2,7-8H,3-6H2;;/q2*-1;;;;;;/b;;;;2*2-1-,8-7-;;. The zero-order valence-electron chi connectivity index (χ0n) is 63.3. The number of rotatable bonds is 14. The molecule has 8 nitrogen and oxygen atoms in total. The van der Waals surface area contributed by atoms with Crippen molar-refractivity contribution in [2.45, 2.75) is 106 Å². The number of benzene rings is 10. The minimum Gasteiger partial charge on any atom is -0.326 e. The SMILES string of the molecule is C1=C\CC/C=C\CC/1.C1=C\CC/C=C\CC/1.Cc1cc(C)c(-[n+]2[c-]n(Cn3cccn3)cc2)c(C)c1.Cc1cc(C)c(-[n+]2[c-]n(Cn3cccn3)cc2)c(C)c1.[Rh].[Rh].c1ccc([B-](c2ccccc2)(c2ccccc2)c2ccccc2)cc1.c1ccc([B-](c2ccccc2)(c2ccccc2)c2ccccc2)cc1. The van der Waals surface area contributed by atoms with Crippen molar-refractivity contribution in [3.8, 4) is 11.4 Å². The zero-order valence-corrected chi connectivity index (χ0v) is 66.5. The van der Waals surface area contributed by atoms with Gasteiger partial charge in [-0.05, 0) is 127 Å². The van der Waals surface area contributed by atoms with E-state index in [1.807, 2.05) is 76.9 Å². The number of hydrogen-bond donors (Lipinski definition) is 0. The molecule has 14 aromatic rings. The summed E-state index contributed by atoms with van der Waals surface area (Å²) in [6.07, 6.45) is 47.8. The molecule has 0 saturated carbocycles. The van der Waals surface area contributed by atoms with E-state index in [-0.39, 0.29) is 39.0 Å². The Bertz CT molecular complexity index is 4250. The molecule has 0 bridgehead atoms. The van der Waals surface area contributed by atoms with Crippen molar-refractivity contribution >= 4 is 56.0 Å². The molecule has 4 heterocycles. The van der Waals surface area contributed by atoms with Crippen molar-refractivity contribution in [3.05, 3.63) is 423 Å². The molecule has 2 aliphatic carbocycles. The molecule has 550 valence electrons. The van der Waals surface area contributed by atoms with Crippen LogP contribution in [0.2, 0.25) is 0 Å². The average molecular weight is 1590 g/mol. The van der Waals surface area contributed by atoms with Crippen LogP contribution in [-0.4, -0.2) is 41.0 Å². The van der Waals surface area contributed by atoms with Crippen molar-refractivity contribution in [2.75, 3.05) is 0 Å². The number of aromatic nitrogens is 8. The van der Waals surface area contributed by atoms with Crippen molar-refractivity contribution in [1.29, 1.82) is 0 Å². The second kappa shape index (κ2) is 42.6. The van der Waals surface area contributed by atoms with Gasteiger partial charge in [0.2, 0.25) is 12.7 Å². The molecule has 0 atom stereocenters. The van der Waals surface area contributed by atoms with Crippen LogP contribution < -0.4 is 52.8 Å². The smallest absolute Gasteiger partial charge is 0.244 e. The van der Waals surface area contributed by atoms with E-state index in [4.69, 9.17) is 0 Å². The normalized spacial score (nSPS) is 13.4. The fourth-order valence-electron chi connectivity index (χ4n) is 15.3. The Morgan fingerprint density at radius 1 is 0.287 bits per heavy atom. The minimum atomic E-state index is -1.22. The van der Waals surface area contributed by atoms with Gasteiger partial charge in [-0.25, -0.2) is 9.36 Å². The molecule has 2 aliphatic rings. The van der Waals surface area contributed by atoms with E-state index < -0.39 is 12.3 Å². The second-order valence-electron chi connectivity index (χ2n) is 27.6. The van der Waals surface area contributed by atoms with Crippen LogP contribution in [-0.2, 0) is 52.3 Å². The fourth-order valence-corrected chi connectivity index (χ4v) is 15.3. The predicted octanol–water partition coefficient (Wildman–Crippen LogP) is 15.9. The first-order valence-corrected chi connectivity index (χ1v) is 37.6. The van der Waals surface area contributed by atoms with Crippen LogP contribution in [0.5, 0.6) is 0 Å². The van der Waals surface area contributed by atoms with Crippen molar-refractivity contribution < 1.29 is 48.1 Å². The third-order valence-corrected chi connectivity index (χ3v) is 19.8. The summed E-state index contributed by atoms with van der Waals surface area (Å²) in [5, 5.41) is 8.41. The van der Waals surface area contributed by atoms with E-state index in [2.05, 4.69) is 380 Å². The molecule has 2 radical (unpaired) electrons. The van der Waals surface area contributed by atoms with Crippen molar-refractivity contribution in [3.63, 3.8) is 0 Å². The Labute approximate surface area is 668 Å². The summed E-state index contributed by atoms with van der Waals surface area (Å²) in [5.41, 5.74) is 20.8.